The van der Waals surface area contributed by atoms with Crippen molar-refractivity contribution in [2.24, 2.45) is 0 Å². The number of esters is 8. The lowest BCUT2D eigenvalue weighted by atomic mass is 9.98. The Morgan fingerprint density at radius 3 is 0.841 bits per heavy atom. The lowest BCUT2D eigenvalue weighted by Crippen LogP contribution is -2.44. The number of rotatable bonds is 36. The Bertz CT molecular complexity index is 5070. The molecular weight excluding hydrogens is 1690 g/mol. The lowest BCUT2D eigenvalue weighted by molar-refractivity contribution is -0.163. The molecular formula is C102H106N6O24. The Labute approximate surface area is 764 Å². The van der Waals surface area contributed by atoms with E-state index in [4.69, 9.17) is 37.9 Å². The second-order valence-corrected chi connectivity index (χ2v) is 30.3. The van der Waals surface area contributed by atoms with E-state index in [9.17, 15) is 67.1 Å². The summed E-state index contributed by atoms with van der Waals surface area (Å²) in [5.41, 5.74) is 15.4. The van der Waals surface area contributed by atoms with Crippen molar-refractivity contribution in [2.75, 3.05) is 39.4 Å². The van der Waals surface area contributed by atoms with Crippen LogP contribution in [0.25, 0.3) is 22.3 Å². The average Bonchev–Trinajstić information content (AvgIpc) is 1.62. The number of hydrogen-bond donors (Lipinski definition) is 6. The Morgan fingerprint density at radius 2 is 0.530 bits per heavy atom. The standard InChI is InChI=1S/C42H44N2O7.2C22H24N2O7.C16H14O3/c45-39(23-3-1-13-25-43-41(47)49-27-37-33-19-9-5-15-29(33)30-16-6-10-20-34(30)37)51-40(46)24-4-2-14-26-44-42(48)50-28-38-35-21-11-7-17-31(35)32-18-8-12-22-36(32)38;1-15(23-21(27)29-13-17-9-5-3-6-10-17)19(25)31-20(26)16(2)24-22(28)30-14-18-11-7-4-8-12-18;25-19(11-13-23-21(27)29-15-17-7-3-1-4-8-17)31-20(26)12-14-24-22(28)30-16-18-9-5-2-6-10-18;1-11-3-7-13(8-4-11)15(17)19-16(18)14-9-5-12(2)6-10-14/h5-12,15-22,37-38H,1-4,13-14,23-28H2,(H,43,47)(H,44,48);3-12,15-16H,13-14H2,1-2H3,(H,23,27)(H,24,28);1-10H,11-16H2,(H,23,27)(H,24,28);3-10H,1-2H3. The molecule has 0 spiro atoms. The molecule has 6 N–H and O–H groups in total. The van der Waals surface area contributed by atoms with E-state index in [1.165, 1.54) is 36.1 Å². The molecule has 0 heterocycles. The molecule has 6 amide bonds. The molecule has 0 aliphatic heterocycles. The smallest absolute Gasteiger partial charge is 0.408 e. The summed E-state index contributed by atoms with van der Waals surface area (Å²) in [5.74, 6) is -5.90. The predicted molar refractivity (Wildman–Crippen MR) is 485 cm³/mol. The molecule has 0 fully saturated rings. The summed E-state index contributed by atoms with van der Waals surface area (Å²) in [7, 11) is 0. The van der Waals surface area contributed by atoms with Crippen LogP contribution in [0, 0.1) is 13.8 Å². The van der Waals surface area contributed by atoms with Crippen molar-refractivity contribution in [2.45, 2.75) is 142 Å². The quantitative estimate of drug-likeness (QED) is 0.00919. The molecule has 0 saturated heterocycles. The molecule has 10 aromatic rings. The number of nitrogens with one attached hydrogen (secondary N) is 6. The van der Waals surface area contributed by atoms with Gasteiger partial charge in [0.05, 0.1) is 24.0 Å². The summed E-state index contributed by atoms with van der Waals surface area (Å²) in [6.07, 6.45) is -0.211. The molecule has 12 rings (SSSR count). The van der Waals surface area contributed by atoms with Crippen LogP contribution in [-0.2, 0) is 103 Å². The van der Waals surface area contributed by atoms with Crippen molar-refractivity contribution in [3.05, 3.63) is 334 Å². The van der Waals surface area contributed by atoms with Gasteiger partial charge in [-0.25, -0.2) is 47.9 Å². The summed E-state index contributed by atoms with van der Waals surface area (Å²) in [6.45, 7) is 8.10. The van der Waals surface area contributed by atoms with Crippen LogP contribution in [0.15, 0.2) is 267 Å². The van der Waals surface area contributed by atoms with Crippen molar-refractivity contribution in [1.82, 2.24) is 31.9 Å². The number of carbonyl (C=O) groups excluding carboxylic acids is 14. The Morgan fingerprint density at radius 1 is 0.265 bits per heavy atom. The fourth-order valence-corrected chi connectivity index (χ4v) is 13.2. The van der Waals surface area contributed by atoms with Crippen molar-refractivity contribution in [1.29, 1.82) is 0 Å². The van der Waals surface area contributed by atoms with E-state index in [1.54, 1.807) is 97.1 Å². The van der Waals surface area contributed by atoms with E-state index in [-0.39, 0.29) is 90.2 Å². The summed E-state index contributed by atoms with van der Waals surface area (Å²) >= 11 is 0. The number of hydrogen-bond acceptors (Lipinski definition) is 24. The van der Waals surface area contributed by atoms with Gasteiger partial charge < -0.3 is 79.3 Å². The van der Waals surface area contributed by atoms with Gasteiger partial charge in [0.25, 0.3) is 0 Å². The highest BCUT2D eigenvalue weighted by Gasteiger charge is 2.32. The number of fused-ring (bicyclic) bond motifs is 6. The number of amides is 6. The van der Waals surface area contributed by atoms with Crippen LogP contribution in [0.1, 0.15) is 166 Å². The van der Waals surface area contributed by atoms with Gasteiger partial charge in [0.15, 0.2) is 0 Å². The molecule has 0 aromatic heterocycles. The van der Waals surface area contributed by atoms with Crippen LogP contribution < -0.4 is 31.9 Å². The van der Waals surface area contributed by atoms with Crippen molar-refractivity contribution >= 4 is 84.3 Å². The topological polar surface area (TPSA) is 403 Å². The van der Waals surface area contributed by atoms with Gasteiger partial charge in [0.2, 0.25) is 0 Å². The molecule has 132 heavy (non-hydrogen) atoms. The monoisotopic (exact) mass is 1800 g/mol. The summed E-state index contributed by atoms with van der Waals surface area (Å²) < 4.78 is 50.2. The van der Waals surface area contributed by atoms with Crippen LogP contribution in [0.5, 0.6) is 0 Å². The van der Waals surface area contributed by atoms with Gasteiger partial charge in [-0.2, -0.15) is 0 Å². The van der Waals surface area contributed by atoms with Crippen LogP contribution in [0.3, 0.4) is 0 Å². The van der Waals surface area contributed by atoms with Crippen molar-refractivity contribution in [3.63, 3.8) is 0 Å². The fourth-order valence-electron chi connectivity index (χ4n) is 13.2. The molecule has 2 aliphatic carbocycles. The molecule has 0 radical (unpaired) electrons. The predicted octanol–water partition coefficient (Wildman–Crippen LogP) is 16.9. The average molecular weight is 1800 g/mol. The van der Waals surface area contributed by atoms with E-state index >= 15 is 0 Å². The van der Waals surface area contributed by atoms with Crippen LogP contribution >= 0.6 is 0 Å². The SMILES string of the molecule is CC(NC(=O)OCc1ccccc1)C(=O)OC(=O)C(C)NC(=O)OCc1ccccc1.Cc1ccc(C(=O)OC(=O)c2ccc(C)cc2)cc1.O=C(CCCCCNC(=O)OCC1c2ccccc2-c2ccccc21)OC(=O)CCCCCNC(=O)OCC1c2ccccc2-c2ccccc21.O=C(CCNC(=O)OCc1ccccc1)OC(=O)CCNC(=O)OCc1ccccc1. The van der Waals surface area contributed by atoms with E-state index in [2.05, 4.69) is 89.9 Å². The molecule has 2 unspecified atom stereocenters. The Balaban J connectivity index is 0.000000210. The highest BCUT2D eigenvalue weighted by Crippen LogP contribution is 2.46. The third-order valence-corrected chi connectivity index (χ3v) is 20.2. The van der Waals surface area contributed by atoms with E-state index in [1.807, 2.05) is 135 Å². The van der Waals surface area contributed by atoms with Gasteiger partial charge in [0, 0.05) is 50.9 Å². The maximum atomic E-state index is 12.3. The number of aryl methyl sites for hydroxylation is 2. The number of ether oxygens (including phenoxy) is 10. The zero-order valence-electron chi connectivity index (χ0n) is 73.7. The summed E-state index contributed by atoms with van der Waals surface area (Å²) in [4.78, 5) is 166. The minimum atomic E-state index is -1.13. The second kappa shape index (κ2) is 54.5. The first-order chi connectivity index (χ1) is 63.9. The largest absolute Gasteiger partial charge is 0.449 e. The Kier molecular flexibility index (Phi) is 41.4. The minimum absolute atomic E-state index is 0.00984. The fraction of sp³-hybridized carbons (Fsp3) is 0.275. The van der Waals surface area contributed by atoms with Crippen molar-refractivity contribution < 1.29 is 114 Å². The maximum absolute atomic E-state index is 12.3. The van der Waals surface area contributed by atoms with Gasteiger partial charge >= 0.3 is 84.3 Å². The van der Waals surface area contributed by atoms with Crippen molar-refractivity contribution in [3.8, 4) is 22.3 Å². The number of unbranched alkanes of at least 4 members (excludes halogenated alkanes) is 4. The molecule has 10 aromatic carbocycles. The molecule has 0 bridgehead atoms. The van der Waals surface area contributed by atoms with Crippen LogP contribution in [-0.4, -0.2) is 136 Å². The third-order valence-electron chi connectivity index (χ3n) is 20.2. The van der Waals surface area contributed by atoms with Gasteiger partial charge in [-0.05, 0) is 144 Å². The normalized spacial score (nSPS) is 11.5. The van der Waals surface area contributed by atoms with Crippen LogP contribution in [0.2, 0.25) is 0 Å². The van der Waals surface area contributed by atoms with Gasteiger partial charge in [0.1, 0.15) is 51.7 Å². The maximum Gasteiger partial charge on any atom is 0.408 e. The van der Waals surface area contributed by atoms with E-state index in [0.29, 0.717) is 62.7 Å². The first-order valence-electron chi connectivity index (χ1n) is 43.1. The van der Waals surface area contributed by atoms with E-state index in [0.717, 1.165) is 55.6 Å². The zero-order valence-corrected chi connectivity index (χ0v) is 73.7. The highest BCUT2D eigenvalue weighted by atomic mass is 16.6. The molecule has 688 valence electrons. The number of alkyl carbamates (subject to hydrolysis) is 6. The third kappa shape index (κ3) is 35.2. The number of benzene rings is 10. The molecule has 2 atom stereocenters. The highest BCUT2D eigenvalue weighted by molar-refractivity contribution is 6.02. The molecule has 0 saturated carbocycles. The Hall–Kier alpha value is -15.6. The number of carbonyl (C=O) groups is 14. The first-order valence-corrected chi connectivity index (χ1v) is 43.1. The van der Waals surface area contributed by atoms with Crippen LogP contribution in [0.4, 0.5) is 28.8 Å². The molecule has 2 aliphatic rings. The summed E-state index contributed by atoms with van der Waals surface area (Å²) in [5, 5.41) is 14.9. The minimum Gasteiger partial charge on any atom is -0.449 e. The lowest BCUT2D eigenvalue weighted by Gasteiger charge is -2.15. The first kappa shape index (κ1) is 100. The molecule has 30 nitrogen and oxygen atoms in total. The van der Waals surface area contributed by atoms with Gasteiger partial charge in [-0.15, -0.1) is 0 Å². The van der Waals surface area contributed by atoms with Gasteiger partial charge in [-0.3, -0.25) is 19.2 Å². The second-order valence-electron chi connectivity index (χ2n) is 30.3. The molecule has 30 heteroatoms. The van der Waals surface area contributed by atoms with E-state index < -0.39 is 96.4 Å². The summed E-state index contributed by atoms with van der Waals surface area (Å²) in [6, 6.07) is 80.5. The van der Waals surface area contributed by atoms with Gasteiger partial charge in [-0.1, -0.05) is 267 Å². The zero-order chi connectivity index (χ0) is 94.2.